The number of carbonyl (C=O) groups excluding carboxylic acids is 1. The van der Waals surface area contributed by atoms with Gasteiger partial charge in [-0.2, -0.15) is 11.8 Å². The Bertz CT molecular complexity index is 998. The average molecular weight is 460 g/mol. The van der Waals surface area contributed by atoms with Gasteiger partial charge >= 0.3 is 0 Å². The number of likely N-dealkylation sites (tertiary alicyclic amines) is 1. The van der Waals surface area contributed by atoms with Gasteiger partial charge in [-0.15, -0.1) is 11.3 Å². The molecule has 1 aliphatic heterocycles. The SMILES string of the molecule is CCSCC1(O)CCN(C(=O)c2ccc(NSc3cccc4scnc34)cc2)CC1. The number of aromatic nitrogens is 1. The fourth-order valence-electron chi connectivity index (χ4n) is 3.48. The van der Waals surface area contributed by atoms with Crippen LogP contribution in [-0.2, 0) is 0 Å². The maximum Gasteiger partial charge on any atom is 0.253 e. The van der Waals surface area contributed by atoms with E-state index in [1.807, 2.05) is 46.8 Å². The summed E-state index contributed by atoms with van der Waals surface area (Å²) in [6.07, 6.45) is 1.29. The summed E-state index contributed by atoms with van der Waals surface area (Å²) in [6, 6.07) is 13.7. The molecule has 0 radical (unpaired) electrons. The number of nitrogens with zero attached hydrogens (tertiary/aromatic N) is 2. The predicted molar refractivity (Wildman–Crippen MR) is 129 cm³/mol. The van der Waals surface area contributed by atoms with Gasteiger partial charge in [0.05, 0.1) is 26.2 Å². The van der Waals surface area contributed by atoms with Crippen LogP contribution in [0, 0.1) is 0 Å². The monoisotopic (exact) mass is 459 g/mol. The van der Waals surface area contributed by atoms with Gasteiger partial charge in [-0.25, -0.2) is 4.98 Å². The molecule has 1 fully saturated rings. The first-order chi connectivity index (χ1) is 14.6. The van der Waals surface area contributed by atoms with Crippen molar-refractivity contribution < 1.29 is 9.90 Å². The number of para-hydroxylation sites is 1. The fraction of sp³-hybridized carbons (Fsp3) is 0.364. The first-order valence-corrected chi connectivity index (χ1v) is 12.9. The summed E-state index contributed by atoms with van der Waals surface area (Å²) >= 11 is 4.92. The van der Waals surface area contributed by atoms with Crippen molar-refractivity contribution in [1.29, 1.82) is 0 Å². The molecule has 1 aliphatic rings. The van der Waals surface area contributed by atoms with E-state index in [0.29, 0.717) is 31.5 Å². The van der Waals surface area contributed by atoms with Crippen LogP contribution in [0.3, 0.4) is 0 Å². The summed E-state index contributed by atoms with van der Waals surface area (Å²) in [5.74, 6) is 1.78. The molecule has 2 aromatic carbocycles. The number of carbonyl (C=O) groups is 1. The molecule has 2 heterocycles. The molecule has 30 heavy (non-hydrogen) atoms. The van der Waals surface area contributed by atoms with Crippen LogP contribution in [0.25, 0.3) is 10.2 Å². The van der Waals surface area contributed by atoms with Gasteiger partial charge in [0.2, 0.25) is 0 Å². The summed E-state index contributed by atoms with van der Waals surface area (Å²) in [5.41, 5.74) is 3.85. The van der Waals surface area contributed by atoms with Crippen LogP contribution in [0.2, 0.25) is 0 Å². The molecule has 0 spiro atoms. The van der Waals surface area contributed by atoms with Crippen LogP contribution in [0.4, 0.5) is 5.69 Å². The number of thiazole rings is 1. The number of hydrogen-bond donors (Lipinski definition) is 2. The van der Waals surface area contributed by atoms with E-state index in [0.717, 1.165) is 27.6 Å². The lowest BCUT2D eigenvalue weighted by Crippen LogP contribution is -2.48. The molecule has 0 bridgehead atoms. The lowest BCUT2D eigenvalue weighted by Gasteiger charge is -2.38. The minimum absolute atomic E-state index is 0.0339. The van der Waals surface area contributed by atoms with Gasteiger partial charge in [-0.1, -0.05) is 13.0 Å². The van der Waals surface area contributed by atoms with Crippen molar-refractivity contribution >= 4 is 56.9 Å². The highest BCUT2D eigenvalue weighted by atomic mass is 32.2. The number of fused-ring (bicyclic) bond motifs is 1. The number of benzene rings is 2. The van der Waals surface area contributed by atoms with E-state index in [-0.39, 0.29) is 5.91 Å². The van der Waals surface area contributed by atoms with Crippen LogP contribution >= 0.6 is 35.0 Å². The zero-order chi connectivity index (χ0) is 21.0. The third-order valence-electron chi connectivity index (χ3n) is 5.29. The quantitative estimate of drug-likeness (QED) is 0.477. The summed E-state index contributed by atoms with van der Waals surface area (Å²) < 4.78 is 4.51. The molecule has 0 saturated carbocycles. The number of amides is 1. The lowest BCUT2D eigenvalue weighted by molar-refractivity contribution is 0.00163. The van der Waals surface area contributed by atoms with E-state index in [9.17, 15) is 9.90 Å². The molecule has 1 saturated heterocycles. The van der Waals surface area contributed by atoms with Crippen LogP contribution < -0.4 is 4.72 Å². The molecule has 5 nitrogen and oxygen atoms in total. The van der Waals surface area contributed by atoms with E-state index in [1.54, 1.807) is 23.1 Å². The van der Waals surface area contributed by atoms with Gasteiger partial charge < -0.3 is 14.7 Å². The third kappa shape index (κ3) is 4.94. The lowest BCUT2D eigenvalue weighted by atomic mass is 9.93. The molecule has 0 aliphatic carbocycles. The van der Waals surface area contributed by atoms with Gasteiger partial charge in [0.25, 0.3) is 5.91 Å². The van der Waals surface area contributed by atoms with E-state index >= 15 is 0 Å². The minimum Gasteiger partial charge on any atom is -0.389 e. The molecule has 0 atom stereocenters. The summed E-state index contributed by atoms with van der Waals surface area (Å²) in [4.78, 5) is 20.2. The van der Waals surface area contributed by atoms with Crippen LogP contribution in [0.15, 0.2) is 52.9 Å². The number of aliphatic hydroxyl groups is 1. The number of nitrogens with one attached hydrogen (secondary N) is 1. The first-order valence-electron chi connectivity index (χ1n) is 10.0. The predicted octanol–water partition coefficient (Wildman–Crippen LogP) is 5.14. The Morgan fingerprint density at radius 2 is 2.00 bits per heavy atom. The second-order valence-electron chi connectivity index (χ2n) is 7.39. The maximum atomic E-state index is 12.8. The van der Waals surface area contributed by atoms with E-state index < -0.39 is 5.60 Å². The van der Waals surface area contributed by atoms with Gasteiger partial charge in [-0.05, 0) is 66.9 Å². The second-order valence-corrected chi connectivity index (χ2v) is 10.4. The molecule has 0 unspecified atom stereocenters. The number of piperidine rings is 1. The first kappa shape index (κ1) is 21.5. The molecule has 3 aromatic rings. The molecule has 1 amide bonds. The second kappa shape index (κ2) is 9.60. The van der Waals surface area contributed by atoms with E-state index in [1.165, 1.54) is 16.6 Å². The standard InChI is InChI=1S/C22H25N3O2S3/c1-2-28-14-22(27)10-12-25(13-11-22)21(26)16-6-8-17(9-7-16)24-30-19-5-3-4-18-20(19)23-15-29-18/h3-9,15,24,27H,2,10-14H2,1H3. The smallest absolute Gasteiger partial charge is 0.253 e. The van der Waals surface area contributed by atoms with Crippen molar-refractivity contribution in [3.8, 4) is 0 Å². The molecule has 8 heteroatoms. The number of rotatable bonds is 7. The summed E-state index contributed by atoms with van der Waals surface area (Å²) in [6.45, 7) is 3.31. The van der Waals surface area contributed by atoms with Crippen LogP contribution in [0.5, 0.6) is 0 Å². The third-order valence-corrected chi connectivity index (χ3v) is 8.12. The number of hydrogen-bond acceptors (Lipinski definition) is 7. The van der Waals surface area contributed by atoms with Gasteiger partial charge in [0, 0.05) is 30.1 Å². The van der Waals surface area contributed by atoms with Crippen molar-refractivity contribution in [2.75, 3.05) is 29.3 Å². The minimum atomic E-state index is -0.636. The Labute approximate surface area is 189 Å². The molecular weight excluding hydrogens is 434 g/mol. The molecule has 158 valence electrons. The average Bonchev–Trinajstić information content (AvgIpc) is 3.26. The molecule has 4 rings (SSSR count). The Balaban J connectivity index is 1.33. The van der Waals surface area contributed by atoms with Gasteiger partial charge in [-0.3, -0.25) is 4.79 Å². The highest BCUT2D eigenvalue weighted by Gasteiger charge is 2.33. The highest BCUT2D eigenvalue weighted by Crippen LogP contribution is 2.30. The number of thioether (sulfide) groups is 1. The fourth-order valence-corrected chi connectivity index (χ4v) is 5.89. The highest BCUT2D eigenvalue weighted by molar-refractivity contribution is 8.00. The zero-order valence-electron chi connectivity index (χ0n) is 16.8. The Hall–Kier alpha value is -1.74. The summed E-state index contributed by atoms with van der Waals surface area (Å²) in [7, 11) is 0. The van der Waals surface area contributed by atoms with Crippen molar-refractivity contribution in [2.45, 2.75) is 30.3 Å². The van der Waals surface area contributed by atoms with Crippen molar-refractivity contribution in [2.24, 2.45) is 0 Å². The molecular formula is C22H25N3O2S3. The van der Waals surface area contributed by atoms with Crippen LogP contribution in [0.1, 0.15) is 30.1 Å². The van der Waals surface area contributed by atoms with Crippen molar-refractivity contribution in [1.82, 2.24) is 9.88 Å². The zero-order valence-corrected chi connectivity index (χ0v) is 19.3. The topological polar surface area (TPSA) is 65.5 Å². The molecule has 2 N–H and O–H groups in total. The van der Waals surface area contributed by atoms with Crippen molar-refractivity contribution in [3.05, 3.63) is 53.5 Å². The van der Waals surface area contributed by atoms with E-state index in [2.05, 4.69) is 22.7 Å². The van der Waals surface area contributed by atoms with E-state index in [4.69, 9.17) is 0 Å². The van der Waals surface area contributed by atoms with Crippen molar-refractivity contribution in [3.63, 3.8) is 0 Å². The number of anilines is 1. The maximum absolute atomic E-state index is 12.8. The largest absolute Gasteiger partial charge is 0.389 e. The Morgan fingerprint density at radius 1 is 1.23 bits per heavy atom. The summed E-state index contributed by atoms with van der Waals surface area (Å²) in [5, 5.41) is 10.6. The van der Waals surface area contributed by atoms with Gasteiger partial charge in [0.1, 0.15) is 0 Å². The van der Waals surface area contributed by atoms with Crippen LogP contribution in [-0.4, -0.2) is 51.1 Å². The normalized spacial score (nSPS) is 16.0. The Kier molecular flexibility index (Phi) is 6.87. The molecule has 1 aromatic heterocycles. The Morgan fingerprint density at radius 3 is 2.73 bits per heavy atom. The van der Waals surface area contributed by atoms with Gasteiger partial charge in [0.15, 0.2) is 0 Å².